The number of esters is 1. The molecule has 40 valence electrons. The van der Waals surface area contributed by atoms with Gasteiger partial charge in [-0.15, -0.1) is 11.8 Å². The Balaban J connectivity index is 2.82. The van der Waals surface area contributed by atoms with E-state index in [1.165, 1.54) is 6.92 Å². The first-order valence-corrected chi connectivity index (χ1v) is 2.77. The normalized spacial score (nSPS) is 8.29. The highest BCUT2D eigenvalue weighted by Gasteiger charge is 1.85. The minimum atomic E-state index is -0.294. The van der Waals surface area contributed by atoms with Gasteiger partial charge in [-0.3, -0.25) is 4.79 Å². The minimum Gasteiger partial charge on any atom is -0.455 e. The van der Waals surface area contributed by atoms with Gasteiger partial charge in [0.1, 0.15) is 5.94 Å². The van der Waals surface area contributed by atoms with Gasteiger partial charge in [0.05, 0.1) is 0 Å². The van der Waals surface area contributed by atoms with E-state index in [1.54, 1.807) is 0 Å². The van der Waals surface area contributed by atoms with E-state index in [0.717, 1.165) is 11.8 Å². The van der Waals surface area contributed by atoms with Crippen molar-refractivity contribution in [1.29, 1.82) is 0 Å². The summed E-state index contributed by atoms with van der Waals surface area (Å²) in [4.78, 5) is 9.91. The van der Waals surface area contributed by atoms with Crippen LogP contribution in [0.2, 0.25) is 0 Å². The Kier molecular flexibility index (Phi) is 3.89. The summed E-state index contributed by atoms with van der Waals surface area (Å²) in [5.74, 6) is -0.0482. The summed E-state index contributed by atoms with van der Waals surface area (Å²) in [5.41, 5.74) is 0. The molecule has 0 unspecified atom stereocenters. The first kappa shape index (κ1) is 6.82. The molecule has 3 heteroatoms. The van der Waals surface area contributed by atoms with Crippen LogP contribution in [0.5, 0.6) is 0 Å². The average molecular weight is 118 g/mol. The second kappa shape index (κ2) is 3.99. The summed E-state index contributed by atoms with van der Waals surface area (Å²) in [7, 11) is 0. The van der Waals surface area contributed by atoms with Crippen molar-refractivity contribution in [3.8, 4) is 0 Å². The Morgan fingerprint density at radius 2 is 2.57 bits per heavy atom. The van der Waals surface area contributed by atoms with Crippen LogP contribution in [0.25, 0.3) is 0 Å². The predicted octanol–water partition coefficient (Wildman–Crippen LogP) is 0.909. The molecule has 0 N–H and O–H groups in total. The zero-order valence-electron chi connectivity index (χ0n) is 4.01. The molecule has 2 radical (unpaired) electrons. The Hall–Kier alpha value is -0.180. The van der Waals surface area contributed by atoms with Crippen LogP contribution in [-0.2, 0) is 9.53 Å². The van der Waals surface area contributed by atoms with Crippen molar-refractivity contribution in [2.75, 3.05) is 5.94 Å². The van der Waals surface area contributed by atoms with Crippen LogP contribution in [0.3, 0.4) is 0 Å². The maximum absolute atomic E-state index is 9.91. The van der Waals surface area contributed by atoms with Crippen LogP contribution in [0.1, 0.15) is 6.92 Å². The van der Waals surface area contributed by atoms with E-state index in [-0.39, 0.29) is 11.9 Å². The SMILES string of the molecule is [CH]SCOC(C)=O. The van der Waals surface area contributed by atoms with Gasteiger partial charge in [-0.25, -0.2) is 0 Å². The number of ether oxygens (including phenoxy) is 1. The molecule has 0 atom stereocenters. The van der Waals surface area contributed by atoms with Gasteiger partial charge < -0.3 is 4.74 Å². The van der Waals surface area contributed by atoms with Crippen molar-refractivity contribution in [1.82, 2.24) is 0 Å². The molecule has 0 aromatic rings. The van der Waals surface area contributed by atoms with Crippen LogP contribution in [0.15, 0.2) is 0 Å². The molecule has 0 aliphatic carbocycles. The zero-order chi connectivity index (χ0) is 5.70. The van der Waals surface area contributed by atoms with Gasteiger partial charge in [-0.05, 0) is 0 Å². The zero-order valence-corrected chi connectivity index (χ0v) is 4.83. The van der Waals surface area contributed by atoms with Crippen molar-refractivity contribution < 1.29 is 9.53 Å². The average Bonchev–Trinajstić information content (AvgIpc) is 1.61. The van der Waals surface area contributed by atoms with Crippen LogP contribution in [0, 0.1) is 6.26 Å². The van der Waals surface area contributed by atoms with Gasteiger partial charge in [-0.1, -0.05) is 0 Å². The van der Waals surface area contributed by atoms with E-state index in [4.69, 9.17) is 6.26 Å². The summed E-state index contributed by atoms with van der Waals surface area (Å²) in [6, 6.07) is 0. The molecule has 0 aromatic heterocycles. The van der Waals surface area contributed by atoms with E-state index in [2.05, 4.69) is 4.74 Å². The molecular weight excluding hydrogens is 112 g/mol. The van der Waals surface area contributed by atoms with Crippen molar-refractivity contribution in [2.45, 2.75) is 6.92 Å². The topological polar surface area (TPSA) is 26.3 Å². The molecule has 0 amide bonds. The third kappa shape index (κ3) is 5.82. The first-order chi connectivity index (χ1) is 3.27. The van der Waals surface area contributed by atoms with E-state index >= 15 is 0 Å². The predicted molar refractivity (Wildman–Crippen MR) is 28.5 cm³/mol. The second-order valence-corrected chi connectivity index (χ2v) is 1.49. The molecule has 0 rings (SSSR count). The molecule has 0 aliphatic heterocycles. The van der Waals surface area contributed by atoms with Gasteiger partial charge in [0.25, 0.3) is 0 Å². The Bertz CT molecular complexity index is 62.7. The summed E-state index contributed by atoms with van der Waals surface area (Å²) in [6.07, 6.45) is 4.92. The summed E-state index contributed by atoms with van der Waals surface area (Å²) >= 11 is 0.987. The molecule has 0 saturated carbocycles. The number of carbonyl (C=O) groups is 1. The van der Waals surface area contributed by atoms with Crippen LogP contribution in [-0.4, -0.2) is 11.9 Å². The minimum absolute atomic E-state index is 0.245. The Morgan fingerprint density at radius 1 is 2.00 bits per heavy atom. The monoisotopic (exact) mass is 118 g/mol. The maximum Gasteiger partial charge on any atom is 0.303 e. The number of hydrogen-bond donors (Lipinski definition) is 0. The third-order valence-corrected chi connectivity index (χ3v) is 0.584. The highest BCUT2D eigenvalue weighted by Crippen LogP contribution is 1.93. The molecule has 0 bridgehead atoms. The Morgan fingerprint density at radius 3 is 2.71 bits per heavy atom. The molecular formula is C4H6O2S. The van der Waals surface area contributed by atoms with Gasteiger partial charge >= 0.3 is 5.97 Å². The lowest BCUT2D eigenvalue weighted by Crippen LogP contribution is -1.95. The third-order valence-electron chi connectivity index (χ3n) is 0.330. The second-order valence-electron chi connectivity index (χ2n) is 0.920. The molecule has 0 heterocycles. The Labute approximate surface area is 47.2 Å². The van der Waals surface area contributed by atoms with Crippen LogP contribution in [0.4, 0.5) is 0 Å². The lowest BCUT2D eigenvalue weighted by atomic mass is 10.8. The lowest BCUT2D eigenvalue weighted by Gasteiger charge is -1.93. The molecule has 0 spiro atoms. The quantitative estimate of drug-likeness (QED) is 0.398. The van der Waals surface area contributed by atoms with Gasteiger partial charge in [0.2, 0.25) is 0 Å². The van der Waals surface area contributed by atoms with Crippen molar-refractivity contribution in [3.63, 3.8) is 0 Å². The smallest absolute Gasteiger partial charge is 0.303 e. The summed E-state index contributed by atoms with van der Waals surface area (Å²) in [5, 5.41) is 0. The molecule has 0 saturated heterocycles. The van der Waals surface area contributed by atoms with Crippen LogP contribution >= 0.6 is 11.8 Å². The molecule has 0 aromatic carbocycles. The van der Waals surface area contributed by atoms with E-state index in [0.29, 0.717) is 0 Å². The van der Waals surface area contributed by atoms with Crippen molar-refractivity contribution >= 4 is 17.7 Å². The highest BCUT2D eigenvalue weighted by molar-refractivity contribution is 8.00. The fraction of sp³-hybridized carbons (Fsp3) is 0.500. The van der Waals surface area contributed by atoms with E-state index < -0.39 is 0 Å². The van der Waals surface area contributed by atoms with E-state index in [1.807, 2.05) is 0 Å². The largest absolute Gasteiger partial charge is 0.455 e. The first-order valence-electron chi connectivity index (χ1n) is 1.72. The van der Waals surface area contributed by atoms with Gasteiger partial charge in [-0.2, -0.15) is 0 Å². The molecule has 2 nitrogen and oxygen atoms in total. The molecule has 7 heavy (non-hydrogen) atoms. The highest BCUT2D eigenvalue weighted by atomic mass is 32.2. The maximum atomic E-state index is 9.91. The lowest BCUT2D eigenvalue weighted by molar-refractivity contribution is -0.138. The van der Waals surface area contributed by atoms with Gasteiger partial charge in [0.15, 0.2) is 0 Å². The van der Waals surface area contributed by atoms with Crippen LogP contribution < -0.4 is 0 Å². The molecule has 0 fully saturated rings. The number of carbonyl (C=O) groups excluding carboxylic acids is 1. The summed E-state index contributed by atoms with van der Waals surface area (Å²) < 4.78 is 4.39. The van der Waals surface area contributed by atoms with Crippen molar-refractivity contribution in [2.24, 2.45) is 0 Å². The van der Waals surface area contributed by atoms with E-state index in [9.17, 15) is 4.79 Å². The number of thioether (sulfide) groups is 1. The number of hydrogen-bond acceptors (Lipinski definition) is 3. The number of rotatable bonds is 2. The van der Waals surface area contributed by atoms with Gasteiger partial charge in [0, 0.05) is 13.2 Å². The summed E-state index contributed by atoms with van der Waals surface area (Å²) in [6.45, 7) is 1.34. The van der Waals surface area contributed by atoms with Crippen molar-refractivity contribution in [3.05, 3.63) is 6.26 Å². The fourth-order valence-corrected chi connectivity index (χ4v) is 0.351. The molecule has 0 aliphatic rings. The fourth-order valence-electron chi connectivity index (χ4n) is 0.117. The standard InChI is InChI=1S/C4H6O2S/c1-4(5)6-3-7-2/h2H,3H2,1H3.